The standard InChI is InChI=1S/C31H27Cl3N2O3/c1-18(19-7-13-25-20(17-19)8-14-26(35-25)27-23(33)5-4-6-24(27)34)28(29(37)38)36-30(39)31(15-2-3-16-31)21-9-11-22(32)12-10-21/h4-14,17-18,28H,2-3,15-16H2,1H3,(H,36,39)(H,37,38). The molecule has 3 aromatic carbocycles. The van der Waals surface area contributed by atoms with Gasteiger partial charge < -0.3 is 10.4 Å². The average molecular weight is 582 g/mol. The van der Waals surface area contributed by atoms with Crippen LogP contribution in [0.25, 0.3) is 22.2 Å². The van der Waals surface area contributed by atoms with Crippen molar-refractivity contribution in [3.05, 3.63) is 99.0 Å². The van der Waals surface area contributed by atoms with Crippen LogP contribution in [0.1, 0.15) is 49.7 Å². The quantitative estimate of drug-likeness (QED) is 0.231. The van der Waals surface area contributed by atoms with Crippen molar-refractivity contribution in [2.45, 2.75) is 50.0 Å². The van der Waals surface area contributed by atoms with Gasteiger partial charge in [0.1, 0.15) is 6.04 Å². The number of carbonyl (C=O) groups excluding carboxylic acids is 1. The van der Waals surface area contributed by atoms with Crippen LogP contribution in [0.4, 0.5) is 0 Å². The molecule has 0 aliphatic heterocycles. The Kier molecular flexibility index (Phi) is 7.86. The Balaban J connectivity index is 1.42. The topological polar surface area (TPSA) is 79.3 Å². The van der Waals surface area contributed by atoms with E-state index in [0.717, 1.165) is 34.9 Å². The number of benzene rings is 3. The molecule has 1 aromatic heterocycles. The molecule has 0 bridgehead atoms. The number of aromatic nitrogens is 1. The van der Waals surface area contributed by atoms with Crippen LogP contribution in [0.2, 0.25) is 15.1 Å². The number of amides is 1. The first-order chi connectivity index (χ1) is 18.7. The van der Waals surface area contributed by atoms with E-state index in [1.165, 1.54) is 0 Å². The number of hydrogen-bond acceptors (Lipinski definition) is 3. The van der Waals surface area contributed by atoms with Gasteiger partial charge in [0.05, 0.1) is 26.7 Å². The highest BCUT2D eigenvalue weighted by Gasteiger charge is 2.44. The number of aliphatic carboxylic acids is 1. The average Bonchev–Trinajstić information content (AvgIpc) is 3.42. The molecule has 0 radical (unpaired) electrons. The number of carbonyl (C=O) groups is 2. The van der Waals surface area contributed by atoms with Crippen molar-refractivity contribution in [3.63, 3.8) is 0 Å². The van der Waals surface area contributed by atoms with E-state index in [-0.39, 0.29) is 5.91 Å². The van der Waals surface area contributed by atoms with E-state index in [4.69, 9.17) is 39.8 Å². The first kappa shape index (κ1) is 27.4. The van der Waals surface area contributed by atoms with Crippen LogP contribution in [-0.2, 0) is 15.0 Å². The summed E-state index contributed by atoms with van der Waals surface area (Å²) < 4.78 is 0. The molecule has 2 unspecified atom stereocenters. The van der Waals surface area contributed by atoms with Gasteiger partial charge in [-0.3, -0.25) is 4.79 Å². The number of fused-ring (bicyclic) bond motifs is 1. The van der Waals surface area contributed by atoms with Gasteiger partial charge in [0.25, 0.3) is 0 Å². The normalized spacial score (nSPS) is 16.1. The van der Waals surface area contributed by atoms with E-state index in [0.29, 0.717) is 39.2 Å². The van der Waals surface area contributed by atoms with Crippen molar-refractivity contribution in [3.8, 4) is 11.3 Å². The molecule has 1 amide bonds. The molecule has 2 N–H and O–H groups in total. The number of carboxylic acid groups (broad SMARTS) is 1. The van der Waals surface area contributed by atoms with Crippen LogP contribution in [0.15, 0.2) is 72.8 Å². The molecular weight excluding hydrogens is 555 g/mol. The van der Waals surface area contributed by atoms with Crippen molar-refractivity contribution in [2.24, 2.45) is 0 Å². The number of carboxylic acids is 1. The largest absolute Gasteiger partial charge is 0.480 e. The fourth-order valence-electron chi connectivity index (χ4n) is 5.58. The Labute approximate surface area is 242 Å². The number of pyridine rings is 1. The second kappa shape index (κ2) is 11.2. The van der Waals surface area contributed by atoms with Crippen molar-refractivity contribution in [2.75, 3.05) is 0 Å². The number of rotatable bonds is 7. The zero-order chi connectivity index (χ0) is 27.7. The molecule has 1 fully saturated rings. The maximum Gasteiger partial charge on any atom is 0.326 e. The lowest BCUT2D eigenvalue weighted by Gasteiger charge is -2.31. The fourth-order valence-corrected chi connectivity index (χ4v) is 6.29. The Hall–Kier alpha value is -3.12. The molecule has 5 rings (SSSR count). The smallest absolute Gasteiger partial charge is 0.326 e. The van der Waals surface area contributed by atoms with Crippen molar-refractivity contribution in [1.29, 1.82) is 0 Å². The minimum Gasteiger partial charge on any atom is -0.480 e. The van der Waals surface area contributed by atoms with E-state index >= 15 is 0 Å². The van der Waals surface area contributed by atoms with E-state index in [9.17, 15) is 14.7 Å². The lowest BCUT2D eigenvalue weighted by Crippen LogP contribution is -2.51. The number of hydrogen-bond donors (Lipinski definition) is 2. The molecule has 0 saturated heterocycles. The highest BCUT2D eigenvalue weighted by Crippen LogP contribution is 2.42. The molecule has 200 valence electrons. The van der Waals surface area contributed by atoms with Gasteiger partial charge in [-0.15, -0.1) is 0 Å². The SMILES string of the molecule is CC(c1ccc2nc(-c3c(Cl)cccc3Cl)ccc2c1)C(NC(=O)C1(c2ccc(Cl)cc2)CCCC1)C(=O)O. The van der Waals surface area contributed by atoms with Gasteiger partial charge in [0.15, 0.2) is 0 Å². The summed E-state index contributed by atoms with van der Waals surface area (Å²) in [5, 5.41) is 15.5. The second-order valence-corrected chi connectivity index (χ2v) is 11.4. The Morgan fingerprint density at radius 3 is 2.23 bits per heavy atom. The lowest BCUT2D eigenvalue weighted by molar-refractivity contribution is -0.143. The van der Waals surface area contributed by atoms with Crippen LogP contribution in [-0.4, -0.2) is 28.0 Å². The Morgan fingerprint density at radius 2 is 1.59 bits per heavy atom. The highest BCUT2D eigenvalue weighted by molar-refractivity contribution is 6.39. The molecular formula is C31H27Cl3N2O3. The summed E-state index contributed by atoms with van der Waals surface area (Å²) in [4.78, 5) is 30.8. The van der Waals surface area contributed by atoms with Gasteiger partial charge >= 0.3 is 5.97 Å². The third-order valence-electron chi connectivity index (χ3n) is 7.80. The number of nitrogens with one attached hydrogen (secondary N) is 1. The van der Waals surface area contributed by atoms with Gasteiger partial charge in [-0.1, -0.05) is 84.9 Å². The first-order valence-corrected chi connectivity index (χ1v) is 14.0. The molecule has 1 heterocycles. The van der Waals surface area contributed by atoms with Crippen LogP contribution in [0.3, 0.4) is 0 Å². The zero-order valence-electron chi connectivity index (χ0n) is 21.3. The van der Waals surface area contributed by atoms with Crippen LogP contribution < -0.4 is 5.32 Å². The van der Waals surface area contributed by atoms with Crippen LogP contribution >= 0.6 is 34.8 Å². The van der Waals surface area contributed by atoms with E-state index < -0.39 is 23.3 Å². The maximum atomic E-state index is 13.7. The van der Waals surface area contributed by atoms with Crippen LogP contribution in [0.5, 0.6) is 0 Å². The third kappa shape index (κ3) is 5.36. The third-order valence-corrected chi connectivity index (χ3v) is 8.68. The Morgan fingerprint density at radius 1 is 0.923 bits per heavy atom. The molecule has 1 aliphatic rings. The summed E-state index contributed by atoms with van der Waals surface area (Å²) in [6.07, 6.45) is 3.14. The summed E-state index contributed by atoms with van der Waals surface area (Å²) in [7, 11) is 0. The summed E-state index contributed by atoms with van der Waals surface area (Å²) in [6, 6.07) is 20.9. The molecule has 2 atom stereocenters. The molecule has 1 saturated carbocycles. The van der Waals surface area contributed by atoms with Gasteiger partial charge in [-0.25, -0.2) is 9.78 Å². The van der Waals surface area contributed by atoms with Crippen LogP contribution in [0, 0.1) is 0 Å². The van der Waals surface area contributed by atoms with Gasteiger partial charge in [0, 0.05) is 21.9 Å². The molecule has 1 aliphatic carbocycles. The summed E-state index contributed by atoms with van der Waals surface area (Å²) in [6.45, 7) is 1.81. The summed E-state index contributed by atoms with van der Waals surface area (Å²) in [5.41, 5.74) is 2.93. The van der Waals surface area contributed by atoms with Gasteiger partial charge in [0.2, 0.25) is 5.91 Å². The Bertz CT molecular complexity index is 1530. The molecule has 4 aromatic rings. The second-order valence-electron chi connectivity index (χ2n) is 10.1. The highest BCUT2D eigenvalue weighted by atomic mass is 35.5. The summed E-state index contributed by atoms with van der Waals surface area (Å²) in [5.74, 6) is -1.83. The number of halogens is 3. The molecule has 8 heteroatoms. The predicted molar refractivity (Wildman–Crippen MR) is 157 cm³/mol. The monoisotopic (exact) mass is 580 g/mol. The number of nitrogens with zero attached hydrogens (tertiary/aromatic N) is 1. The van der Waals surface area contributed by atoms with Gasteiger partial charge in [-0.2, -0.15) is 0 Å². The first-order valence-electron chi connectivity index (χ1n) is 12.8. The zero-order valence-corrected chi connectivity index (χ0v) is 23.5. The molecule has 39 heavy (non-hydrogen) atoms. The van der Waals surface area contributed by atoms with E-state index in [2.05, 4.69) is 5.32 Å². The van der Waals surface area contributed by atoms with Crippen molar-refractivity contribution < 1.29 is 14.7 Å². The summed E-state index contributed by atoms with van der Waals surface area (Å²) >= 11 is 18.8. The maximum absolute atomic E-state index is 13.7. The van der Waals surface area contributed by atoms with Crippen molar-refractivity contribution >= 4 is 57.6 Å². The van der Waals surface area contributed by atoms with Gasteiger partial charge in [-0.05, 0) is 66.4 Å². The minimum atomic E-state index is -1.10. The lowest BCUT2D eigenvalue weighted by atomic mass is 9.77. The molecule has 0 spiro atoms. The predicted octanol–water partition coefficient (Wildman–Crippen LogP) is 8.05. The van der Waals surface area contributed by atoms with E-state index in [1.807, 2.05) is 49.4 Å². The fraction of sp³-hybridized carbons (Fsp3) is 0.258. The van der Waals surface area contributed by atoms with Crippen molar-refractivity contribution in [1.82, 2.24) is 10.3 Å². The van der Waals surface area contributed by atoms with E-state index in [1.54, 1.807) is 30.3 Å². The molecule has 5 nitrogen and oxygen atoms in total. The minimum absolute atomic E-state index is 0.259.